The van der Waals surface area contributed by atoms with Crippen molar-refractivity contribution >= 4 is 11.8 Å². The van der Waals surface area contributed by atoms with Crippen molar-refractivity contribution in [1.82, 2.24) is 10.2 Å². The second-order valence-corrected chi connectivity index (χ2v) is 5.70. The van der Waals surface area contributed by atoms with E-state index in [2.05, 4.69) is 5.32 Å². The van der Waals surface area contributed by atoms with Crippen molar-refractivity contribution in [2.24, 2.45) is 5.92 Å². The summed E-state index contributed by atoms with van der Waals surface area (Å²) in [5.41, 5.74) is 0.887. The molecule has 1 aromatic carbocycles. The van der Waals surface area contributed by atoms with Crippen LogP contribution in [-0.4, -0.2) is 47.6 Å². The highest BCUT2D eigenvalue weighted by molar-refractivity contribution is 5.96. The van der Waals surface area contributed by atoms with Gasteiger partial charge in [-0.1, -0.05) is 37.3 Å². The zero-order chi connectivity index (χ0) is 15.2. The van der Waals surface area contributed by atoms with Gasteiger partial charge in [0.15, 0.2) is 0 Å². The van der Waals surface area contributed by atoms with Gasteiger partial charge in [0.1, 0.15) is 0 Å². The molecule has 2 atom stereocenters. The van der Waals surface area contributed by atoms with Gasteiger partial charge in [-0.15, -0.1) is 0 Å². The number of hydrogen-bond donors (Lipinski definition) is 2. The molecule has 0 aromatic heterocycles. The number of carbonyl (C=O) groups excluding carboxylic acids is 2. The van der Waals surface area contributed by atoms with E-state index in [-0.39, 0.29) is 36.8 Å². The van der Waals surface area contributed by atoms with E-state index >= 15 is 0 Å². The maximum absolute atomic E-state index is 11.9. The van der Waals surface area contributed by atoms with Gasteiger partial charge < -0.3 is 5.11 Å². The Kier molecular flexibility index (Phi) is 5.47. The number of nitrogens with one attached hydrogen (secondary N) is 1. The quantitative estimate of drug-likeness (QED) is 0.851. The topological polar surface area (TPSA) is 69.6 Å². The first kappa shape index (κ1) is 15.7. The predicted molar refractivity (Wildman–Crippen MR) is 79.5 cm³/mol. The van der Waals surface area contributed by atoms with Crippen LogP contribution in [0, 0.1) is 5.92 Å². The lowest BCUT2D eigenvalue weighted by atomic mass is 9.97. The van der Waals surface area contributed by atoms with Gasteiger partial charge in [-0.05, 0) is 17.9 Å². The molecule has 2 amide bonds. The Balaban J connectivity index is 1.75. The molecule has 0 radical (unpaired) electrons. The first-order valence-electron chi connectivity index (χ1n) is 7.31. The first-order chi connectivity index (χ1) is 10.0. The predicted octanol–water partition coefficient (Wildman–Crippen LogP) is 0.575. The van der Waals surface area contributed by atoms with E-state index in [9.17, 15) is 14.7 Å². The molecule has 0 aliphatic carbocycles. The fraction of sp³-hybridized carbons (Fsp3) is 0.500. The Morgan fingerprint density at radius 3 is 2.67 bits per heavy atom. The second kappa shape index (κ2) is 7.33. The van der Waals surface area contributed by atoms with Gasteiger partial charge in [0.05, 0.1) is 19.1 Å². The maximum Gasteiger partial charge on any atom is 0.240 e. The fourth-order valence-corrected chi connectivity index (χ4v) is 2.59. The largest absolute Gasteiger partial charge is 0.393 e. The summed E-state index contributed by atoms with van der Waals surface area (Å²) in [5.74, 6) is -0.401. The smallest absolute Gasteiger partial charge is 0.240 e. The molecule has 21 heavy (non-hydrogen) atoms. The number of aliphatic hydroxyl groups is 1. The SMILES string of the molecule is CC1CN(CC(=O)NC(=O)Cc2ccccc2)CCC1O. The average molecular weight is 290 g/mol. The average Bonchev–Trinajstić information content (AvgIpc) is 2.43. The summed E-state index contributed by atoms with van der Waals surface area (Å²) in [5, 5.41) is 12.1. The van der Waals surface area contributed by atoms with Crippen molar-refractivity contribution in [3.63, 3.8) is 0 Å². The van der Waals surface area contributed by atoms with Crippen LogP contribution in [0.2, 0.25) is 0 Å². The van der Waals surface area contributed by atoms with Gasteiger partial charge in [0.2, 0.25) is 11.8 Å². The Labute approximate surface area is 125 Å². The molecule has 1 aliphatic rings. The Morgan fingerprint density at radius 1 is 1.29 bits per heavy atom. The molecule has 1 aromatic rings. The number of piperidine rings is 1. The summed E-state index contributed by atoms with van der Waals surface area (Å²) in [7, 11) is 0. The molecule has 0 saturated carbocycles. The van der Waals surface area contributed by atoms with Crippen LogP contribution in [0.25, 0.3) is 0 Å². The van der Waals surface area contributed by atoms with Gasteiger partial charge in [-0.2, -0.15) is 0 Å². The monoisotopic (exact) mass is 290 g/mol. The van der Waals surface area contributed by atoms with Crippen LogP contribution in [0.1, 0.15) is 18.9 Å². The normalized spacial score (nSPS) is 22.8. The number of carbonyl (C=O) groups is 2. The highest BCUT2D eigenvalue weighted by Crippen LogP contribution is 2.15. The zero-order valence-corrected chi connectivity index (χ0v) is 12.3. The van der Waals surface area contributed by atoms with E-state index in [1.54, 1.807) is 0 Å². The van der Waals surface area contributed by atoms with Crippen molar-refractivity contribution in [1.29, 1.82) is 0 Å². The highest BCUT2D eigenvalue weighted by Gasteiger charge is 2.25. The lowest BCUT2D eigenvalue weighted by Gasteiger charge is -2.33. The van der Waals surface area contributed by atoms with Gasteiger partial charge >= 0.3 is 0 Å². The number of benzene rings is 1. The van der Waals surface area contributed by atoms with E-state index in [1.165, 1.54) is 0 Å². The molecular weight excluding hydrogens is 268 g/mol. The molecular formula is C16H22N2O3. The second-order valence-electron chi connectivity index (χ2n) is 5.70. The number of amides is 2. The van der Waals surface area contributed by atoms with E-state index in [4.69, 9.17) is 0 Å². The summed E-state index contributed by atoms with van der Waals surface area (Å²) in [6, 6.07) is 9.34. The molecule has 0 bridgehead atoms. The van der Waals surface area contributed by atoms with E-state index < -0.39 is 0 Å². The third-order valence-corrected chi connectivity index (χ3v) is 3.80. The minimum absolute atomic E-state index is 0.159. The molecule has 5 nitrogen and oxygen atoms in total. The third-order valence-electron chi connectivity index (χ3n) is 3.80. The maximum atomic E-state index is 11.9. The zero-order valence-electron chi connectivity index (χ0n) is 12.3. The summed E-state index contributed by atoms with van der Waals surface area (Å²) in [6.45, 7) is 3.54. The number of likely N-dealkylation sites (tertiary alicyclic amines) is 1. The van der Waals surface area contributed by atoms with Gasteiger partial charge in [-0.3, -0.25) is 19.8 Å². The Morgan fingerprint density at radius 2 is 2.00 bits per heavy atom. The molecule has 1 heterocycles. The number of aliphatic hydroxyl groups excluding tert-OH is 1. The lowest BCUT2D eigenvalue weighted by Crippen LogP contribution is -2.47. The van der Waals surface area contributed by atoms with E-state index in [0.717, 1.165) is 5.56 Å². The Hall–Kier alpha value is -1.72. The van der Waals surface area contributed by atoms with Crippen LogP contribution in [-0.2, 0) is 16.0 Å². The molecule has 2 N–H and O–H groups in total. The standard InChI is InChI=1S/C16H22N2O3/c1-12-10-18(8-7-14(12)19)11-16(21)17-15(20)9-13-5-3-2-4-6-13/h2-6,12,14,19H,7-11H2,1H3,(H,17,20,21). The number of imide groups is 1. The van der Waals surface area contributed by atoms with E-state index in [0.29, 0.717) is 19.5 Å². The van der Waals surface area contributed by atoms with Crippen LogP contribution in [0.15, 0.2) is 30.3 Å². The number of hydrogen-bond acceptors (Lipinski definition) is 4. The van der Waals surface area contributed by atoms with Crippen molar-refractivity contribution in [2.75, 3.05) is 19.6 Å². The molecule has 5 heteroatoms. The molecule has 1 fully saturated rings. The highest BCUT2D eigenvalue weighted by atomic mass is 16.3. The van der Waals surface area contributed by atoms with Crippen LogP contribution >= 0.6 is 0 Å². The van der Waals surface area contributed by atoms with Gasteiger partial charge in [0, 0.05) is 13.1 Å². The number of nitrogens with zero attached hydrogens (tertiary/aromatic N) is 1. The van der Waals surface area contributed by atoms with Crippen LogP contribution < -0.4 is 5.32 Å². The minimum Gasteiger partial charge on any atom is -0.393 e. The van der Waals surface area contributed by atoms with Crippen LogP contribution in [0.4, 0.5) is 0 Å². The van der Waals surface area contributed by atoms with E-state index in [1.807, 2.05) is 42.2 Å². The first-order valence-corrected chi connectivity index (χ1v) is 7.31. The van der Waals surface area contributed by atoms with Gasteiger partial charge in [-0.25, -0.2) is 0 Å². The number of rotatable bonds is 4. The van der Waals surface area contributed by atoms with Crippen LogP contribution in [0.5, 0.6) is 0 Å². The Bertz CT molecular complexity index is 490. The molecule has 0 spiro atoms. The summed E-state index contributed by atoms with van der Waals surface area (Å²) >= 11 is 0. The molecule has 1 saturated heterocycles. The van der Waals surface area contributed by atoms with Crippen molar-refractivity contribution in [3.8, 4) is 0 Å². The van der Waals surface area contributed by atoms with Crippen molar-refractivity contribution in [3.05, 3.63) is 35.9 Å². The van der Waals surface area contributed by atoms with Crippen molar-refractivity contribution in [2.45, 2.75) is 25.9 Å². The molecule has 1 aliphatic heterocycles. The molecule has 114 valence electrons. The summed E-state index contributed by atoms with van der Waals surface area (Å²) in [4.78, 5) is 25.6. The molecule has 2 unspecified atom stereocenters. The summed E-state index contributed by atoms with van der Waals surface area (Å²) in [6.07, 6.45) is 0.595. The van der Waals surface area contributed by atoms with Crippen molar-refractivity contribution < 1.29 is 14.7 Å². The lowest BCUT2D eigenvalue weighted by molar-refractivity contribution is -0.131. The minimum atomic E-state index is -0.288. The summed E-state index contributed by atoms with van der Waals surface area (Å²) < 4.78 is 0. The fourth-order valence-electron chi connectivity index (χ4n) is 2.59. The van der Waals surface area contributed by atoms with Crippen LogP contribution in [0.3, 0.4) is 0 Å². The molecule has 2 rings (SSSR count). The van der Waals surface area contributed by atoms with Gasteiger partial charge in [0.25, 0.3) is 0 Å². The third kappa shape index (κ3) is 4.95.